The average molecular weight is 336 g/mol. The molecule has 132 valence electrons. The van der Waals surface area contributed by atoms with Gasteiger partial charge in [0.1, 0.15) is 18.3 Å². The fourth-order valence-corrected chi connectivity index (χ4v) is 4.25. The van der Waals surface area contributed by atoms with Gasteiger partial charge in [0.15, 0.2) is 6.23 Å². The second kappa shape index (κ2) is 5.89. The third-order valence-corrected chi connectivity index (χ3v) is 5.04. The highest BCUT2D eigenvalue weighted by Crippen LogP contribution is 2.48. The van der Waals surface area contributed by atoms with Crippen molar-refractivity contribution in [1.29, 1.82) is 0 Å². The van der Waals surface area contributed by atoms with Crippen LogP contribution in [0.15, 0.2) is 24.3 Å². The Balaban J connectivity index is 1.97. The van der Waals surface area contributed by atoms with E-state index in [4.69, 9.17) is 9.47 Å². The van der Waals surface area contributed by atoms with Gasteiger partial charge in [0.2, 0.25) is 5.91 Å². The zero-order valence-electron chi connectivity index (χ0n) is 14.3. The maximum Gasteiger partial charge on any atom is 0.410 e. The molecule has 5 atom stereocenters. The Kier molecular flexibility index (Phi) is 4.17. The monoisotopic (exact) mass is 336 g/mol. The third kappa shape index (κ3) is 2.34. The molecule has 2 saturated heterocycles. The first-order chi connectivity index (χ1) is 11.3. The van der Waals surface area contributed by atoms with Crippen LogP contribution in [-0.2, 0) is 14.3 Å². The van der Waals surface area contributed by atoms with Gasteiger partial charge in [-0.1, -0.05) is 24.3 Å². The zero-order chi connectivity index (χ0) is 17.6. The van der Waals surface area contributed by atoms with Gasteiger partial charge in [-0.05, 0) is 20.8 Å². The van der Waals surface area contributed by atoms with Crippen LogP contribution in [0.3, 0.4) is 0 Å². The maximum absolute atomic E-state index is 12.8. The van der Waals surface area contributed by atoms with Gasteiger partial charge in [-0.15, -0.1) is 0 Å². The predicted octanol–water partition coefficient (Wildman–Crippen LogP) is 0.894. The number of likely N-dealkylation sites (N-methyl/N-ethyl adjacent to an activating group) is 1. The molecule has 2 fully saturated rings. The SMILES string of the molecule is C=CCOC(=O)N1CC(C)=CC2(C)O[C@H]3[C@H](C(=O)N(CC)[C@H]3O)C12. The molecule has 3 rings (SSSR count). The number of fused-ring (bicyclic) bond motifs is 3. The normalized spacial score (nSPS) is 37.8. The van der Waals surface area contributed by atoms with Gasteiger partial charge in [0.05, 0.1) is 12.0 Å². The predicted molar refractivity (Wildman–Crippen MR) is 86.0 cm³/mol. The molecule has 24 heavy (non-hydrogen) atoms. The highest BCUT2D eigenvalue weighted by molar-refractivity contribution is 5.85. The van der Waals surface area contributed by atoms with Crippen LogP contribution in [0.5, 0.6) is 0 Å². The van der Waals surface area contributed by atoms with E-state index < -0.39 is 36.0 Å². The number of carbonyl (C=O) groups is 2. The highest BCUT2D eigenvalue weighted by Gasteiger charge is 2.65. The summed E-state index contributed by atoms with van der Waals surface area (Å²) in [7, 11) is 0. The van der Waals surface area contributed by atoms with E-state index in [2.05, 4.69) is 6.58 Å². The van der Waals surface area contributed by atoms with E-state index in [9.17, 15) is 14.7 Å². The largest absolute Gasteiger partial charge is 0.445 e. The molecule has 1 N–H and O–H groups in total. The standard InChI is InChI=1S/C17H24N2O5/c1-5-7-23-16(22)19-9-10(3)8-17(4)13(19)11-12(24-17)15(21)18(6-2)14(11)20/h5,8,11-13,15,21H,1,6-7,9H2,2-4H3/t11-,12-,13?,15-,17?/m0/s1. The molecule has 0 aromatic heterocycles. The molecule has 2 unspecified atom stereocenters. The summed E-state index contributed by atoms with van der Waals surface area (Å²) in [4.78, 5) is 28.2. The lowest BCUT2D eigenvalue weighted by Gasteiger charge is -2.42. The molecule has 0 radical (unpaired) electrons. The van der Waals surface area contributed by atoms with Crippen LogP contribution in [0.25, 0.3) is 0 Å². The summed E-state index contributed by atoms with van der Waals surface area (Å²) in [5.74, 6) is -0.774. The molecule has 0 aliphatic carbocycles. The van der Waals surface area contributed by atoms with Crippen molar-refractivity contribution < 1.29 is 24.2 Å². The Morgan fingerprint density at radius 2 is 2.33 bits per heavy atom. The number of likely N-dealkylation sites (tertiary alicyclic amines) is 1. The summed E-state index contributed by atoms with van der Waals surface area (Å²) in [5.41, 5.74) is 0.139. The Hall–Kier alpha value is -1.86. The zero-order valence-corrected chi connectivity index (χ0v) is 14.3. The van der Waals surface area contributed by atoms with Crippen LogP contribution in [0.2, 0.25) is 0 Å². The first-order valence-electron chi connectivity index (χ1n) is 8.23. The topological polar surface area (TPSA) is 79.3 Å². The van der Waals surface area contributed by atoms with Crippen molar-refractivity contribution in [2.45, 2.75) is 44.7 Å². The smallest absolute Gasteiger partial charge is 0.410 e. The molecular weight excluding hydrogens is 312 g/mol. The number of hydrogen-bond donors (Lipinski definition) is 1. The molecule has 0 spiro atoms. The Bertz CT molecular complexity index is 604. The van der Waals surface area contributed by atoms with E-state index in [1.807, 2.05) is 26.8 Å². The number of carbonyl (C=O) groups excluding carboxylic acids is 2. The Morgan fingerprint density at radius 1 is 1.62 bits per heavy atom. The molecular formula is C17H24N2O5. The molecule has 3 heterocycles. The van der Waals surface area contributed by atoms with Gasteiger partial charge in [-0.2, -0.15) is 0 Å². The third-order valence-electron chi connectivity index (χ3n) is 5.04. The van der Waals surface area contributed by atoms with Crippen LogP contribution in [-0.4, -0.2) is 70.6 Å². The fourth-order valence-electron chi connectivity index (χ4n) is 4.25. The fraction of sp³-hybridized carbons (Fsp3) is 0.647. The average Bonchev–Trinajstić information content (AvgIpc) is 2.95. The molecule has 7 heteroatoms. The summed E-state index contributed by atoms with van der Waals surface area (Å²) < 4.78 is 11.3. The molecule has 3 aliphatic heterocycles. The van der Waals surface area contributed by atoms with Crippen LogP contribution < -0.4 is 0 Å². The van der Waals surface area contributed by atoms with Gasteiger partial charge in [0.25, 0.3) is 0 Å². The second-order valence-corrected chi connectivity index (χ2v) is 6.76. The molecule has 7 nitrogen and oxygen atoms in total. The van der Waals surface area contributed by atoms with Gasteiger partial charge in [0, 0.05) is 13.1 Å². The minimum Gasteiger partial charge on any atom is -0.445 e. The molecule has 0 bridgehead atoms. The summed E-state index contributed by atoms with van der Waals surface area (Å²) in [6, 6.07) is -0.498. The number of aliphatic hydroxyl groups is 1. The second-order valence-electron chi connectivity index (χ2n) is 6.76. The molecule has 2 amide bonds. The van der Waals surface area contributed by atoms with Crippen molar-refractivity contribution in [2.24, 2.45) is 5.92 Å². The van der Waals surface area contributed by atoms with E-state index >= 15 is 0 Å². The highest BCUT2D eigenvalue weighted by atomic mass is 16.6. The number of hydrogen-bond acceptors (Lipinski definition) is 5. The summed E-state index contributed by atoms with van der Waals surface area (Å²) >= 11 is 0. The minimum atomic E-state index is -0.991. The van der Waals surface area contributed by atoms with Crippen molar-refractivity contribution in [2.75, 3.05) is 19.7 Å². The molecule has 3 aliphatic rings. The van der Waals surface area contributed by atoms with E-state index in [0.717, 1.165) is 5.57 Å². The number of nitrogens with zero attached hydrogens (tertiary/aromatic N) is 2. The molecule has 0 aromatic rings. The van der Waals surface area contributed by atoms with Gasteiger partial charge in [-0.25, -0.2) is 4.79 Å². The summed E-state index contributed by atoms with van der Waals surface area (Å²) in [6.07, 6.45) is 1.31. The van der Waals surface area contributed by atoms with Crippen molar-refractivity contribution >= 4 is 12.0 Å². The van der Waals surface area contributed by atoms with Crippen molar-refractivity contribution in [1.82, 2.24) is 9.80 Å². The van der Waals surface area contributed by atoms with Gasteiger partial charge >= 0.3 is 6.09 Å². The van der Waals surface area contributed by atoms with Crippen LogP contribution in [0.4, 0.5) is 4.79 Å². The summed E-state index contributed by atoms with van der Waals surface area (Å²) in [6.45, 7) is 9.98. The Morgan fingerprint density at radius 3 is 2.96 bits per heavy atom. The van der Waals surface area contributed by atoms with Crippen LogP contribution in [0, 0.1) is 5.92 Å². The van der Waals surface area contributed by atoms with Crippen molar-refractivity contribution in [3.8, 4) is 0 Å². The lowest BCUT2D eigenvalue weighted by Crippen LogP contribution is -2.58. The number of rotatable bonds is 3. The van der Waals surface area contributed by atoms with E-state index in [0.29, 0.717) is 13.1 Å². The lowest BCUT2D eigenvalue weighted by molar-refractivity contribution is -0.142. The van der Waals surface area contributed by atoms with Crippen molar-refractivity contribution in [3.05, 3.63) is 24.3 Å². The first-order valence-corrected chi connectivity index (χ1v) is 8.23. The van der Waals surface area contributed by atoms with E-state index in [1.54, 1.807) is 4.90 Å². The van der Waals surface area contributed by atoms with Gasteiger partial charge in [-0.3, -0.25) is 9.69 Å². The lowest BCUT2D eigenvalue weighted by atomic mass is 9.82. The molecule has 0 aromatic carbocycles. The number of amides is 2. The quantitative estimate of drug-likeness (QED) is 0.775. The number of ether oxygens (including phenoxy) is 2. The molecule has 0 saturated carbocycles. The van der Waals surface area contributed by atoms with Crippen molar-refractivity contribution in [3.63, 3.8) is 0 Å². The summed E-state index contributed by atoms with van der Waals surface area (Å²) in [5, 5.41) is 10.4. The maximum atomic E-state index is 12.8. The minimum absolute atomic E-state index is 0.105. The van der Waals surface area contributed by atoms with E-state index in [-0.39, 0.29) is 12.5 Å². The van der Waals surface area contributed by atoms with Crippen LogP contribution in [0.1, 0.15) is 20.8 Å². The Labute approximate surface area is 141 Å². The van der Waals surface area contributed by atoms with E-state index in [1.165, 1.54) is 11.0 Å². The number of aliphatic hydroxyl groups excluding tert-OH is 1. The first kappa shape index (κ1) is 17.0. The van der Waals surface area contributed by atoms with Crippen LogP contribution >= 0.6 is 0 Å². The van der Waals surface area contributed by atoms with Gasteiger partial charge < -0.3 is 19.5 Å².